The molecular weight excluding hydrogens is 529 g/mol. The molecule has 4 heterocycles. The molecule has 0 aliphatic carbocycles. The van der Waals surface area contributed by atoms with Crippen molar-refractivity contribution in [2.24, 2.45) is 0 Å². The summed E-state index contributed by atoms with van der Waals surface area (Å²) in [5, 5.41) is 18.4. The van der Waals surface area contributed by atoms with Crippen LogP contribution in [0.2, 0.25) is 0 Å². The first-order valence-corrected chi connectivity index (χ1v) is 13.4. The maximum absolute atomic E-state index is 14.2. The van der Waals surface area contributed by atoms with Crippen molar-refractivity contribution in [3.63, 3.8) is 0 Å². The molecule has 12 heteroatoms. The van der Waals surface area contributed by atoms with Gasteiger partial charge in [0.2, 0.25) is 0 Å². The Labute approximate surface area is 235 Å². The van der Waals surface area contributed by atoms with Crippen molar-refractivity contribution < 1.29 is 23.8 Å². The first kappa shape index (κ1) is 26.6. The van der Waals surface area contributed by atoms with E-state index in [9.17, 15) is 14.3 Å². The van der Waals surface area contributed by atoms with Crippen LogP contribution in [0.5, 0.6) is 6.01 Å². The number of carboxylic acid groups (broad SMARTS) is 1. The zero-order valence-corrected chi connectivity index (χ0v) is 22.2. The predicted molar refractivity (Wildman–Crippen MR) is 146 cm³/mol. The molecule has 11 nitrogen and oxygen atoms in total. The molecule has 4 aromatic rings. The number of halogens is 1. The molecule has 1 atom stereocenters. The summed E-state index contributed by atoms with van der Waals surface area (Å²) in [6.45, 7) is 5.00. The Balaban J connectivity index is 1.10. The van der Waals surface area contributed by atoms with Gasteiger partial charge in [-0.3, -0.25) is 4.90 Å². The monoisotopic (exact) mass is 557 g/mol. The lowest BCUT2D eigenvalue weighted by Gasteiger charge is -2.35. The van der Waals surface area contributed by atoms with Crippen molar-refractivity contribution >= 4 is 22.8 Å². The fourth-order valence-corrected chi connectivity index (χ4v) is 5.05. The standard InChI is InChI=1S/C29H28FN7O4/c30-23-13-19(15-31)1-2-21(23)18-41-29-32-7-5-26(34-29)36-10-8-35(9-11-36)17-27-33-24-4-3-20(28(38)39)14-25(24)37(27)16-22-6-12-40-22/h1-5,7,13-14,22H,6,8-12,16-18H2,(H,38,39)/t22-/m0/s1. The van der Waals surface area contributed by atoms with Gasteiger partial charge < -0.3 is 24.0 Å². The maximum atomic E-state index is 14.2. The summed E-state index contributed by atoms with van der Waals surface area (Å²) in [7, 11) is 0. The van der Waals surface area contributed by atoms with Gasteiger partial charge in [0.25, 0.3) is 0 Å². The number of anilines is 1. The molecule has 2 aromatic carbocycles. The highest BCUT2D eigenvalue weighted by atomic mass is 19.1. The number of hydrogen-bond donors (Lipinski definition) is 1. The molecule has 2 aliphatic rings. The molecule has 2 aromatic heterocycles. The van der Waals surface area contributed by atoms with Gasteiger partial charge in [0, 0.05) is 44.5 Å². The van der Waals surface area contributed by atoms with Crippen molar-refractivity contribution in [1.29, 1.82) is 5.26 Å². The molecule has 6 rings (SSSR count). The molecule has 2 saturated heterocycles. The highest BCUT2D eigenvalue weighted by Gasteiger charge is 2.25. The fourth-order valence-electron chi connectivity index (χ4n) is 5.05. The Bertz CT molecular complexity index is 1620. The van der Waals surface area contributed by atoms with Crippen LogP contribution < -0.4 is 9.64 Å². The Morgan fingerprint density at radius 3 is 2.68 bits per heavy atom. The van der Waals surface area contributed by atoms with Gasteiger partial charge in [-0.05, 0) is 42.8 Å². The van der Waals surface area contributed by atoms with Crippen LogP contribution in [0, 0.1) is 17.1 Å². The number of rotatable bonds is 9. The summed E-state index contributed by atoms with van der Waals surface area (Å²) in [5.41, 5.74) is 2.39. The Hall–Kier alpha value is -4.60. The van der Waals surface area contributed by atoms with E-state index in [-0.39, 0.29) is 29.8 Å². The lowest BCUT2D eigenvalue weighted by Crippen LogP contribution is -2.46. The van der Waals surface area contributed by atoms with E-state index in [1.165, 1.54) is 12.1 Å². The molecule has 0 unspecified atom stereocenters. The largest absolute Gasteiger partial charge is 0.478 e. The zero-order valence-electron chi connectivity index (χ0n) is 22.2. The third-order valence-electron chi connectivity index (χ3n) is 7.47. The summed E-state index contributed by atoms with van der Waals surface area (Å²) in [6, 6.07) is 13.2. The average molecular weight is 558 g/mol. The number of aromatic carboxylic acids is 1. The quantitative estimate of drug-likeness (QED) is 0.327. The summed E-state index contributed by atoms with van der Waals surface area (Å²) < 4.78 is 27.6. The minimum absolute atomic E-state index is 0.0460. The van der Waals surface area contributed by atoms with Gasteiger partial charge in [-0.1, -0.05) is 6.07 Å². The molecule has 1 N–H and O–H groups in total. The van der Waals surface area contributed by atoms with Crippen LogP contribution in [0.1, 0.15) is 33.7 Å². The van der Waals surface area contributed by atoms with Gasteiger partial charge in [0.05, 0.1) is 47.4 Å². The first-order valence-electron chi connectivity index (χ1n) is 13.4. The Morgan fingerprint density at radius 1 is 1.15 bits per heavy atom. The second-order valence-electron chi connectivity index (χ2n) is 10.1. The molecule has 0 radical (unpaired) electrons. The normalized spacial score (nSPS) is 17.3. The first-order chi connectivity index (χ1) is 20.0. The maximum Gasteiger partial charge on any atom is 0.335 e. The minimum Gasteiger partial charge on any atom is -0.478 e. The van der Waals surface area contributed by atoms with Gasteiger partial charge in [-0.15, -0.1) is 0 Å². The number of fused-ring (bicyclic) bond motifs is 1. The van der Waals surface area contributed by atoms with Gasteiger partial charge >= 0.3 is 12.0 Å². The molecule has 0 amide bonds. The van der Waals surface area contributed by atoms with Crippen LogP contribution in [0.15, 0.2) is 48.7 Å². The number of piperazine rings is 1. The van der Waals surface area contributed by atoms with Crippen LogP contribution in [0.3, 0.4) is 0 Å². The Kier molecular flexibility index (Phi) is 7.45. The van der Waals surface area contributed by atoms with Crippen LogP contribution in [-0.2, 0) is 24.4 Å². The number of aromatic nitrogens is 4. The van der Waals surface area contributed by atoms with Crippen molar-refractivity contribution in [3.05, 3.63) is 77.0 Å². The van der Waals surface area contributed by atoms with E-state index >= 15 is 0 Å². The number of carbonyl (C=O) groups is 1. The highest BCUT2D eigenvalue weighted by Crippen LogP contribution is 2.24. The van der Waals surface area contributed by atoms with Crippen molar-refractivity contribution in [2.75, 3.05) is 37.7 Å². The van der Waals surface area contributed by atoms with Gasteiger partial charge in [0.15, 0.2) is 0 Å². The number of nitrogens with zero attached hydrogens (tertiary/aromatic N) is 7. The highest BCUT2D eigenvalue weighted by molar-refractivity contribution is 5.92. The van der Waals surface area contributed by atoms with Crippen LogP contribution in [0.4, 0.5) is 10.2 Å². The van der Waals surface area contributed by atoms with Crippen LogP contribution >= 0.6 is 0 Å². The van der Waals surface area contributed by atoms with E-state index in [1.54, 1.807) is 30.5 Å². The second-order valence-corrected chi connectivity index (χ2v) is 10.1. The lowest BCUT2D eigenvalue weighted by molar-refractivity contribution is -0.0592. The van der Waals surface area contributed by atoms with E-state index < -0.39 is 11.8 Å². The molecule has 0 spiro atoms. The molecular formula is C29H28FN7O4. The van der Waals surface area contributed by atoms with Crippen molar-refractivity contribution in [3.8, 4) is 12.1 Å². The average Bonchev–Trinajstić information content (AvgIpc) is 3.30. The molecule has 0 bridgehead atoms. The fraction of sp³-hybridized carbons (Fsp3) is 0.345. The van der Waals surface area contributed by atoms with Crippen LogP contribution in [-0.4, -0.2) is 74.4 Å². The molecule has 2 aliphatic heterocycles. The van der Waals surface area contributed by atoms with Gasteiger partial charge in [-0.2, -0.15) is 10.2 Å². The van der Waals surface area contributed by atoms with Crippen molar-refractivity contribution in [2.45, 2.75) is 32.2 Å². The SMILES string of the molecule is N#Cc1ccc(COc2nccc(N3CCN(Cc4nc5ccc(C(=O)O)cc5n4C[C@@H]4CCO4)CC3)n2)c(F)c1. The predicted octanol–water partition coefficient (Wildman–Crippen LogP) is 3.23. The number of imidazole rings is 1. The minimum atomic E-state index is -0.961. The second kappa shape index (κ2) is 11.5. The van der Waals surface area contributed by atoms with E-state index in [0.29, 0.717) is 18.7 Å². The van der Waals surface area contributed by atoms with Gasteiger partial charge in [-0.25, -0.2) is 19.2 Å². The van der Waals surface area contributed by atoms with E-state index in [4.69, 9.17) is 19.7 Å². The Morgan fingerprint density at radius 2 is 1.98 bits per heavy atom. The molecule has 2 fully saturated rings. The summed E-state index contributed by atoms with van der Waals surface area (Å²) in [6.07, 6.45) is 2.71. The van der Waals surface area contributed by atoms with E-state index in [0.717, 1.165) is 61.9 Å². The van der Waals surface area contributed by atoms with Crippen molar-refractivity contribution in [1.82, 2.24) is 24.4 Å². The number of benzene rings is 2. The number of carboxylic acids is 1. The van der Waals surface area contributed by atoms with Crippen LogP contribution in [0.25, 0.3) is 11.0 Å². The summed E-state index contributed by atoms with van der Waals surface area (Å²) in [4.78, 5) is 29.6. The number of ether oxygens (including phenoxy) is 2. The summed E-state index contributed by atoms with van der Waals surface area (Å²) >= 11 is 0. The third-order valence-corrected chi connectivity index (χ3v) is 7.47. The molecule has 210 valence electrons. The smallest absolute Gasteiger partial charge is 0.335 e. The molecule has 0 saturated carbocycles. The third kappa shape index (κ3) is 5.82. The van der Waals surface area contributed by atoms with E-state index in [1.807, 2.05) is 12.1 Å². The number of hydrogen-bond acceptors (Lipinski definition) is 9. The van der Waals surface area contributed by atoms with E-state index in [2.05, 4.69) is 24.3 Å². The molecule has 41 heavy (non-hydrogen) atoms. The summed E-state index contributed by atoms with van der Waals surface area (Å²) in [5.74, 6) is 0.147. The van der Waals surface area contributed by atoms with Gasteiger partial charge in [0.1, 0.15) is 24.1 Å². The zero-order chi connectivity index (χ0) is 28.3. The topological polar surface area (TPSA) is 130 Å². The lowest BCUT2D eigenvalue weighted by atomic mass is 10.1. The number of nitriles is 1.